The summed E-state index contributed by atoms with van der Waals surface area (Å²) in [4.78, 5) is 28.1. The van der Waals surface area contributed by atoms with Crippen LogP contribution in [-0.2, 0) is 9.59 Å². The van der Waals surface area contributed by atoms with Gasteiger partial charge in [-0.25, -0.2) is 0 Å². The van der Waals surface area contributed by atoms with Crippen LogP contribution >= 0.6 is 0 Å². The molecule has 1 unspecified atom stereocenters. The summed E-state index contributed by atoms with van der Waals surface area (Å²) in [6, 6.07) is 13.9. The molecule has 4 heteroatoms. The maximum Gasteiger partial charge on any atom is 0.232 e. The van der Waals surface area contributed by atoms with E-state index in [2.05, 4.69) is 0 Å². The largest absolute Gasteiger partial charge is 0.497 e. The van der Waals surface area contributed by atoms with Gasteiger partial charge in [0.1, 0.15) is 5.75 Å². The van der Waals surface area contributed by atoms with Gasteiger partial charge in [-0.2, -0.15) is 0 Å². The van der Waals surface area contributed by atoms with Crippen molar-refractivity contribution in [3.63, 3.8) is 0 Å². The number of methoxy groups -OCH3 is 1. The number of carbonyl (C=O) groups is 2. The van der Waals surface area contributed by atoms with Gasteiger partial charge in [-0.1, -0.05) is 24.3 Å². The highest BCUT2D eigenvalue weighted by molar-refractivity contribution is 6.07. The molecule has 0 N–H and O–H groups in total. The number of aryl methyl sites for hydroxylation is 2. The first kappa shape index (κ1) is 18.5. The number of amides is 1. The average Bonchev–Trinajstić information content (AvgIpc) is 2.70. The van der Waals surface area contributed by atoms with Crippen LogP contribution in [0.4, 0.5) is 5.69 Å². The van der Waals surface area contributed by atoms with Crippen LogP contribution in [0.3, 0.4) is 0 Å². The zero-order chi connectivity index (χ0) is 19.8. The zero-order valence-corrected chi connectivity index (χ0v) is 16.6. The fraction of sp³-hybridized carbons (Fsp3) is 0.333. The number of hydrogen-bond acceptors (Lipinski definition) is 3. The number of nitrogens with zero attached hydrogens (tertiary/aromatic N) is 1. The molecule has 4 rings (SSSR count). The fourth-order valence-corrected chi connectivity index (χ4v) is 4.38. The van der Waals surface area contributed by atoms with Crippen molar-refractivity contribution in [3.05, 3.63) is 70.4 Å². The third-order valence-electron chi connectivity index (χ3n) is 5.78. The maximum absolute atomic E-state index is 13.3. The number of anilines is 1. The first-order valence-electron chi connectivity index (χ1n) is 9.80. The molecule has 0 radical (unpaired) electrons. The summed E-state index contributed by atoms with van der Waals surface area (Å²) in [7, 11) is 1.63. The van der Waals surface area contributed by atoms with Crippen LogP contribution in [0.2, 0.25) is 0 Å². The number of rotatable bonds is 3. The van der Waals surface area contributed by atoms with E-state index in [0.29, 0.717) is 12.8 Å². The van der Waals surface area contributed by atoms with Crippen LogP contribution in [-0.4, -0.2) is 18.8 Å². The van der Waals surface area contributed by atoms with Crippen LogP contribution in [0.15, 0.2) is 53.7 Å². The molecule has 0 saturated heterocycles. The Morgan fingerprint density at radius 2 is 1.86 bits per heavy atom. The summed E-state index contributed by atoms with van der Waals surface area (Å²) in [6.07, 6.45) is 2.39. The highest BCUT2D eigenvalue weighted by atomic mass is 16.5. The molecule has 0 aromatic heterocycles. The molecule has 2 aromatic carbocycles. The van der Waals surface area contributed by atoms with Gasteiger partial charge in [0.15, 0.2) is 5.78 Å². The predicted octanol–water partition coefficient (Wildman–Crippen LogP) is 4.84. The van der Waals surface area contributed by atoms with Crippen molar-refractivity contribution >= 4 is 17.4 Å². The molecule has 1 atom stereocenters. The first-order chi connectivity index (χ1) is 13.5. The number of ketones is 1. The van der Waals surface area contributed by atoms with Crippen molar-refractivity contribution in [1.29, 1.82) is 0 Å². The van der Waals surface area contributed by atoms with Gasteiger partial charge < -0.3 is 4.74 Å². The van der Waals surface area contributed by atoms with E-state index in [9.17, 15) is 9.59 Å². The Morgan fingerprint density at radius 1 is 1.04 bits per heavy atom. The Kier molecular flexibility index (Phi) is 4.80. The summed E-state index contributed by atoms with van der Waals surface area (Å²) >= 11 is 0. The number of allylic oxidation sites excluding steroid dienone is 2. The van der Waals surface area contributed by atoms with Gasteiger partial charge in [0.25, 0.3) is 0 Å². The van der Waals surface area contributed by atoms with Gasteiger partial charge in [0.05, 0.1) is 12.8 Å². The minimum absolute atomic E-state index is 0.0509. The third-order valence-corrected chi connectivity index (χ3v) is 5.78. The quantitative estimate of drug-likeness (QED) is 0.771. The molecule has 1 amide bonds. The van der Waals surface area contributed by atoms with Gasteiger partial charge in [-0.05, 0) is 61.6 Å². The molecule has 2 aliphatic rings. The zero-order valence-electron chi connectivity index (χ0n) is 16.6. The van der Waals surface area contributed by atoms with Crippen LogP contribution in [0.1, 0.15) is 48.3 Å². The molecule has 1 aliphatic heterocycles. The third kappa shape index (κ3) is 3.13. The number of ether oxygens (including phenoxy) is 1. The molecule has 0 saturated carbocycles. The van der Waals surface area contributed by atoms with E-state index in [-0.39, 0.29) is 17.6 Å². The van der Waals surface area contributed by atoms with E-state index >= 15 is 0 Å². The van der Waals surface area contributed by atoms with Crippen molar-refractivity contribution in [2.75, 3.05) is 12.0 Å². The molecule has 1 heterocycles. The number of benzene rings is 2. The summed E-state index contributed by atoms with van der Waals surface area (Å²) in [5, 5.41) is 0. The number of carbonyl (C=O) groups excluding carboxylic acids is 2. The summed E-state index contributed by atoms with van der Waals surface area (Å²) < 4.78 is 5.36. The van der Waals surface area contributed by atoms with Crippen molar-refractivity contribution in [2.24, 2.45) is 0 Å². The Hall–Kier alpha value is -2.88. The molecule has 0 bridgehead atoms. The van der Waals surface area contributed by atoms with E-state index in [0.717, 1.165) is 52.2 Å². The second-order valence-electron chi connectivity index (χ2n) is 7.69. The van der Waals surface area contributed by atoms with Gasteiger partial charge in [-0.3, -0.25) is 14.5 Å². The highest BCUT2D eigenvalue weighted by Crippen LogP contribution is 2.44. The van der Waals surface area contributed by atoms with Gasteiger partial charge in [-0.15, -0.1) is 0 Å². The Labute approximate surface area is 165 Å². The van der Waals surface area contributed by atoms with Gasteiger partial charge in [0.2, 0.25) is 5.91 Å². The van der Waals surface area contributed by atoms with Crippen molar-refractivity contribution in [3.8, 4) is 5.75 Å². The lowest BCUT2D eigenvalue weighted by molar-refractivity contribution is -0.119. The fourth-order valence-electron chi connectivity index (χ4n) is 4.38. The van der Waals surface area contributed by atoms with Crippen LogP contribution in [0.25, 0.3) is 0 Å². The number of hydrogen-bond donors (Lipinski definition) is 0. The second-order valence-corrected chi connectivity index (χ2v) is 7.69. The molecule has 2 aromatic rings. The predicted molar refractivity (Wildman–Crippen MR) is 110 cm³/mol. The van der Waals surface area contributed by atoms with E-state index in [4.69, 9.17) is 4.74 Å². The first-order valence-corrected chi connectivity index (χ1v) is 9.80. The summed E-state index contributed by atoms with van der Waals surface area (Å²) in [5.41, 5.74) is 5.71. The van der Waals surface area contributed by atoms with E-state index in [1.165, 1.54) is 0 Å². The molecule has 28 heavy (non-hydrogen) atoms. The molecule has 144 valence electrons. The number of Topliss-reactive ketones (excluding diaryl/α,β-unsaturated/α-hetero) is 1. The lowest BCUT2D eigenvalue weighted by Gasteiger charge is -2.39. The molecule has 1 aliphatic carbocycles. The van der Waals surface area contributed by atoms with Crippen LogP contribution < -0.4 is 9.64 Å². The molecule has 0 fully saturated rings. The van der Waals surface area contributed by atoms with Crippen molar-refractivity contribution < 1.29 is 14.3 Å². The SMILES string of the molecule is COc1cccc(C2CC(=O)N(c3cc(C)ccc3C)C3=C2C(=O)CCC3)c1. The molecular formula is C24H25NO3. The lowest BCUT2D eigenvalue weighted by Crippen LogP contribution is -2.40. The Morgan fingerprint density at radius 3 is 2.64 bits per heavy atom. The van der Waals surface area contributed by atoms with E-state index in [1.807, 2.05) is 61.2 Å². The second kappa shape index (κ2) is 7.27. The van der Waals surface area contributed by atoms with E-state index < -0.39 is 0 Å². The Balaban J connectivity index is 1.88. The average molecular weight is 375 g/mol. The molecule has 0 spiro atoms. The van der Waals surface area contributed by atoms with E-state index in [1.54, 1.807) is 7.11 Å². The lowest BCUT2D eigenvalue weighted by atomic mass is 9.77. The summed E-state index contributed by atoms with van der Waals surface area (Å²) in [6.45, 7) is 4.04. The van der Waals surface area contributed by atoms with Crippen molar-refractivity contribution in [2.45, 2.75) is 45.4 Å². The monoisotopic (exact) mass is 375 g/mol. The Bertz CT molecular complexity index is 989. The minimum atomic E-state index is -0.202. The van der Waals surface area contributed by atoms with Gasteiger partial charge >= 0.3 is 0 Å². The van der Waals surface area contributed by atoms with Crippen LogP contribution in [0, 0.1) is 13.8 Å². The topological polar surface area (TPSA) is 46.6 Å². The summed E-state index contributed by atoms with van der Waals surface area (Å²) in [5.74, 6) is 0.755. The normalized spacial score (nSPS) is 19.7. The smallest absolute Gasteiger partial charge is 0.232 e. The maximum atomic E-state index is 13.3. The van der Waals surface area contributed by atoms with Gasteiger partial charge in [0, 0.05) is 30.0 Å². The van der Waals surface area contributed by atoms with Crippen LogP contribution in [0.5, 0.6) is 5.75 Å². The molecular weight excluding hydrogens is 350 g/mol. The minimum Gasteiger partial charge on any atom is -0.497 e. The molecule has 4 nitrogen and oxygen atoms in total. The standard InChI is InChI=1S/C24H25NO3/c1-15-10-11-16(2)21(12-15)25-20-8-5-9-22(26)24(20)19(14-23(25)27)17-6-4-7-18(13-17)28-3/h4,6-7,10-13,19H,5,8-9,14H2,1-3H3. The highest BCUT2D eigenvalue weighted by Gasteiger charge is 2.40. The van der Waals surface area contributed by atoms with Crippen molar-refractivity contribution in [1.82, 2.24) is 0 Å².